The molecular formula is C16H17FN2O2. The van der Waals surface area contributed by atoms with E-state index in [4.69, 9.17) is 0 Å². The first-order valence-corrected chi connectivity index (χ1v) is 7.49. The van der Waals surface area contributed by atoms with Crippen LogP contribution in [0.2, 0.25) is 0 Å². The number of hydrogen-bond donors (Lipinski definition) is 0. The molecule has 0 saturated carbocycles. The van der Waals surface area contributed by atoms with E-state index in [0.29, 0.717) is 0 Å². The van der Waals surface area contributed by atoms with Crippen LogP contribution >= 0.6 is 0 Å². The number of benzene rings is 1. The number of carbonyl (C=O) groups is 2. The number of hydrogen-bond acceptors (Lipinski definition) is 3. The van der Waals surface area contributed by atoms with Crippen LogP contribution in [0.5, 0.6) is 0 Å². The van der Waals surface area contributed by atoms with Crippen LogP contribution in [-0.2, 0) is 16.1 Å². The fourth-order valence-corrected chi connectivity index (χ4v) is 4.10. The standard InChI is InChI=1S/C16H17FN2O2/c17-11-5-3-10(4-6-11)8-19-15(20)12-9-18-7-1-2-13(18)14(12)16(19)21/h3-6,12-14H,1-2,7-9H2/t12-,13+,14-/m1/s1. The molecule has 0 aromatic heterocycles. The first kappa shape index (κ1) is 13.0. The molecule has 0 N–H and O–H groups in total. The molecule has 21 heavy (non-hydrogen) atoms. The van der Waals surface area contributed by atoms with Gasteiger partial charge in [-0.2, -0.15) is 0 Å². The summed E-state index contributed by atoms with van der Waals surface area (Å²) in [4.78, 5) is 28.8. The summed E-state index contributed by atoms with van der Waals surface area (Å²) in [6.45, 7) is 1.99. The summed E-state index contributed by atoms with van der Waals surface area (Å²) >= 11 is 0. The summed E-state index contributed by atoms with van der Waals surface area (Å²) in [5.74, 6) is -0.715. The molecule has 3 heterocycles. The van der Waals surface area contributed by atoms with Gasteiger partial charge in [0.05, 0.1) is 18.4 Å². The van der Waals surface area contributed by atoms with Gasteiger partial charge in [0.15, 0.2) is 0 Å². The fraction of sp³-hybridized carbons (Fsp3) is 0.500. The first-order valence-electron chi connectivity index (χ1n) is 7.49. The average Bonchev–Trinajstić information content (AvgIpc) is 3.10. The van der Waals surface area contributed by atoms with Crippen molar-refractivity contribution in [1.82, 2.24) is 9.80 Å². The van der Waals surface area contributed by atoms with E-state index in [2.05, 4.69) is 4.90 Å². The van der Waals surface area contributed by atoms with Gasteiger partial charge in [0.1, 0.15) is 5.82 Å². The third-order valence-corrected chi connectivity index (χ3v) is 5.08. The zero-order valence-electron chi connectivity index (χ0n) is 11.7. The molecule has 0 spiro atoms. The lowest BCUT2D eigenvalue weighted by Crippen LogP contribution is -2.37. The van der Waals surface area contributed by atoms with Crippen molar-refractivity contribution in [2.45, 2.75) is 25.4 Å². The van der Waals surface area contributed by atoms with Crippen LogP contribution in [0.4, 0.5) is 4.39 Å². The quantitative estimate of drug-likeness (QED) is 0.773. The van der Waals surface area contributed by atoms with Gasteiger partial charge in [-0.3, -0.25) is 19.4 Å². The molecule has 3 fully saturated rings. The molecular weight excluding hydrogens is 271 g/mol. The van der Waals surface area contributed by atoms with Crippen LogP contribution in [-0.4, -0.2) is 40.7 Å². The molecule has 3 saturated heterocycles. The number of amides is 2. The second kappa shape index (κ2) is 4.63. The van der Waals surface area contributed by atoms with E-state index in [1.54, 1.807) is 12.1 Å². The molecule has 3 atom stereocenters. The van der Waals surface area contributed by atoms with Crippen LogP contribution in [0, 0.1) is 17.7 Å². The molecule has 4 nitrogen and oxygen atoms in total. The van der Waals surface area contributed by atoms with E-state index in [-0.39, 0.29) is 42.1 Å². The Balaban J connectivity index is 1.56. The summed E-state index contributed by atoms with van der Waals surface area (Å²) in [7, 11) is 0. The van der Waals surface area contributed by atoms with Gasteiger partial charge in [-0.1, -0.05) is 12.1 Å². The highest BCUT2D eigenvalue weighted by Crippen LogP contribution is 2.42. The van der Waals surface area contributed by atoms with Gasteiger partial charge in [-0.25, -0.2) is 4.39 Å². The minimum atomic E-state index is -0.309. The van der Waals surface area contributed by atoms with Crippen molar-refractivity contribution >= 4 is 11.8 Å². The van der Waals surface area contributed by atoms with Gasteiger partial charge in [0.2, 0.25) is 11.8 Å². The molecule has 0 aliphatic carbocycles. The van der Waals surface area contributed by atoms with E-state index < -0.39 is 0 Å². The van der Waals surface area contributed by atoms with Gasteiger partial charge in [0, 0.05) is 12.6 Å². The zero-order valence-corrected chi connectivity index (χ0v) is 11.7. The summed E-state index contributed by atoms with van der Waals surface area (Å²) < 4.78 is 12.9. The Hall–Kier alpha value is -1.75. The van der Waals surface area contributed by atoms with Crippen molar-refractivity contribution < 1.29 is 14.0 Å². The van der Waals surface area contributed by atoms with Gasteiger partial charge in [0.25, 0.3) is 0 Å². The fourth-order valence-electron chi connectivity index (χ4n) is 4.10. The Morgan fingerprint density at radius 2 is 1.90 bits per heavy atom. The van der Waals surface area contributed by atoms with Crippen molar-refractivity contribution in [3.8, 4) is 0 Å². The third-order valence-electron chi connectivity index (χ3n) is 5.08. The molecule has 4 rings (SSSR count). The summed E-state index contributed by atoms with van der Waals surface area (Å²) in [5, 5.41) is 0. The van der Waals surface area contributed by atoms with Crippen molar-refractivity contribution in [2.24, 2.45) is 11.8 Å². The number of halogens is 1. The predicted molar refractivity (Wildman–Crippen MR) is 73.5 cm³/mol. The van der Waals surface area contributed by atoms with E-state index >= 15 is 0 Å². The second-order valence-corrected chi connectivity index (χ2v) is 6.23. The van der Waals surface area contributed by atoms with Crippen molar-refractivity contribution in [3.05, 3.63) is 35.6 Å². The van der Waals surface area contributed by atoms with E-state index in [9.17, 15) is 14.0 Å². The van der Waals surface area contributed by atoms with Gasteiger partial charge >= 0.3 is 0 Å². The van der Waals surface area contributed by atoms with Crippen molar-refractivity contribution in [3.63, 3.8) is 0 Å². The maximum atomic E-state index is 12.9. The molecule has 1 aromatic carbocycles. The van der Waals surface area contributed by atoms with Crippen molar-refractivity contribution in [1.29, 1.82) is 0 Å². The Bertz CT molecular complexity index is 601. The smallest absolute Gasteiger partial charge is 0.235 e. The lowest BCUT2D eigenvalue weighted by Gasteiger charge is -2.21. The monoisotopic (exact) mass is 288 g/mol. The number of imide groups is 1. The van der Waals surface area contributed by atoms with Gasteiger partial charge in [-0.15, -0.1) is 0 Å². The van der Waals surface area contributed by atoms with Gasteiger partial charge < -0.3 is 0 Å². The highest BCUT2D eigenvalue weighted by molar-refractivity contribution is 6.06. The Morgan fingerprint density at radius 3 is 2.67 bits per heavy atom. The topological polar surface area (TPSA) is 40.6 Å². The molecule has 5 heteroatoms. The molecule has 110 valence electrons. The molecule has 0 radical (unpaired) electrons. The molecule has 3 aliphatic heterocycles. The molecule has 0 unspecified atom stereocenters. The van der Waals surface area contributed by atoms with Gasteiger partial charge in [-0.05, 0) is 37.1 Å². The van der Waals surface area contributed by atoms with Crippen molar-refractivity contribution in [2.75, 3.05) is 13.1 Å². The number of likely N-dealkylation sites (tertiary alicyclic amines) is 1. The van der Waals surface area contributed by atoms with Crippen LogP contribution < -0.4 is 0 Å². The Morgan fingerprint density at radius 1 is 1.14 bits per heavy atom. The number of fused-ring (bicyclic) bond motifs is 3. The average molecular weight is 288 g/mol. The van der Waals surface area contributed by atoms with E-state index in [0.717, 1.165) is 31.5 Å². The SMILES string of the molecule is O=C1[C@@H]2[C@@H](CN3CCC[C@@H]23)C(=O)N1Cc1ccc(F)cc1. The summed E-state index contributed by atoms with van der Waals surface area (Å²) in [6.07, 6.45) is 2.14. The number of carbonyl (C=O) groups excluding carboxylic acids is 2. The number of nitrogens with zero attached hydrogens (tertiary/aromatic N) is 2. The van der Waals surface area contributed by atoms with Crippen LogP contribution in [0.25, 0.3) is 0 Å². The largest absolute Gasteiger partial charge is 0.299 e. The van der Waals surface area contributed by atoms with E-state index in [1.165, 1.54) is 17.0 Å². The summed E-state index contributed by atoms with van der Waals surface area (Å²) in [6, 6.07) is 6.24. The maximum absolute atomic E-state index is 12.9. The molecule has 2 amide bonds. The lowest BCUT2D eigenvalue weighted by molar-refractivity contribution is -0.141. The molecule has 0 bridgehead atoms. The first-order chi connectivity index (χ1) is 10.1. The maximum Gasteiger partial charge on any atom is 0.235 e. The predicted octanol–water partition coefficient (Wildman–Crippen LogP) is 1.40. The summed E-state index contributed by atoms with van der Waals surface area (Å²) in [5.41, 5.74) is 0.793. The highest BCUT2D eigenvalue weighted by atomic mass is 19.1. The molecule has 1 aromatic rings. The Kier molecular flexibility index (Phi) is 2.85. The normalized spacial score (nSPS) is 31.9. The highest BCUT2D eigenvalue weighted by Gasteiger charge is 2.57. The zero-order chi connectivity index (χ0) is 14.6. The number of rotatable bonds is 2. The van der Waals surface area contributed by atoms with Crippen LogP contribution in [0.3, 0.4) is 0 Å². The van der Waals surface area contributed by atoms with E-state index in [1.807, 2.05) is 0 Å². The van der Waals surface area contributed by atoms with Crippen LogP contribution in [0.15, 0.2) is 24.3 Å². The second-order valence-electron chi connectivity index (χ2n) is 6.23. The lowest BCUT2D eigenvalue weighted by atomic mass is 9.91. The minimum absolute atomic E-state index is 0.0382. The molecule has 3 aliphatic rings. The Labute approximate surface area is 122 Å². The third kappa shape index (κ3) is 1.91. The van der Waals surface area contributed by atoms with Crippen LogP contribution in [0.1, 0.15) is 18.4 Å². The minimum Gasteiger partial charge on any atom is -0.299 e.